The van der Waals surface area contributed by atoms with Crippen molar-refractivity contribution in [3.63, 3.8) is 0 Å². The standard InChI is InChI=1S/C17H18N4O3S/c1-8-13(10(3)22)9(2)19-14(8)15(23)11(4)25-17-21-20-16(24-17)12-6-5-7-18-12/h5-7,11,18-19H,1-4H3/t11-/m1/s1. The Morgan fingerprint density at radius 2 is 2.04 bits per heavy atom. The number of carbonyl (C=O) groups excluding carboxylic acids is 2. The van der Waals surface area contributed by atoms with Gasteiger partial charge in [0, 0.05) is 17.5 Å². The molecule has 2 N–H and O–H groups in total. The first-order valence-electron chi connectivity index (χ1n) is 7.76. The molecule has 0 amide bonds. The van der Waals surface area contributed by atoms with E-state index in [0.717, 1.165) is 5.69 Å². The number of carbonyl (C=O) groups is 2. The molecule has 130 valence electrons. The quantitative estimate of drug-likeness (QED) is 0.515. The molecule has 0 fully saturated rings. The average molecular weight is 358 g/mol. The van der Waals surface area contributed by atoms with E-state index in [1.807, 2.05) is 12.1 Å². The van der Waals surface area contributed by atoms with E-state index in [2.05, 4.69) is 20.2 Å². The van der Waals surface area contributed by atoms with Gasteiger partial charge in [-0.25, -0.2) is 0 Å². The van der Waals surface area contributed by atoms with E-state index in [-0.39, 0.29) is 11.6 Å². The SMILES string of the molecule is CC(=O)c1c(C)[nH]c(C(=O)[C@@H](C)Sc2nnc(-c3ccc[nH]3)o2)c1C. The van der Waals surface area contributed by atoms with Gasteiger partial charge in [0.05, 0.1) is 10.9 Å². The van der Waals surface area contributed by atoms with Gasteiger partial charge in [0.15, 0.2) is 11.6 Å². The van der Waals surface area contributed by atoms with E-state index in [1.165, 1.54) is 18.7 Å². The summed E-state index contributed by atoms with van der Waals surface area (Å²) in [6.07, 6.45) is 1.77. The van der Waals surface area contributed by atoms with Crippen molar-refractivity contribution in [2.24, 2.45) is 0 Å². The number of hydrogen-bond acceptors (Lipinski definition) is 6. The number of aromatic amines is 2. The van der Waals surface area contributed by atoms with Crippen LogP contribution in [0, 0.1) is 13.8 Å². The number of ketones is 2. The number of thioether (sulfide) groups is 1. The van der Waals surface area contributed by atoms with Crippen LogP contribution in [0.4, 0.5) is 0 Å². The zero-order chi connectivity index (χ0) is 18.1. The Hall–Kier alpha value is -2.61. The lowest BCUT2D eigenvalue weighted by molar-refractivity contribution is 0.0988. The molecule has 0 aliphatic heterocycles. The van der Waals surface area contributed by atoms with E-state index in [1.54, 1.807) is 27.0 Å². The lowest BCUT2D eigenvalue weighted by Crippen LogP contribution is -2.15. The molecule has 0 aliphatic rings. The summed E-state index contributed by atoms with van der Waals surface area (Å²) in [7, 11) is 0. The second-order valence-electron chi connectivity index (χ2n) is 5.76. The van der Waals surface area contributed by atoms with E-state index in [4.69, 9.17) is 4.42 Å². The Morgan fingerprint density at radius 3 is 2.64 bits per heavy atom. The van der Waals surface area contributed by atoms with Crippen molar-refractivity contribution in [2.45, 2.75) is 38.2 Å². The number of nitrogens with zero attached hydrogens (tertiary/aromatic N) is 2. The zero-order valence-electron chi connectivity index (χ0n) is 14.3. The summed E-state index contributed by atoms with van der Waals surface area (Å²) < 4.78 is 5.58. The second kappa shape index (κ2) is 6.72. The third kappa shape index (κ3) is 3.30. The molecule has 1 atom stereocenters. The average Bonchev–Trinajstić information content (AvgIpc) is 3.26. The minimum absolute atomic E-state index is 0.0573. The molecule has 3 aromatic rings. The van der Waals surface area contributed by atoms with Crippen LogP contribution in [0.3, 0.4) is 0 Å². The van der Waals surface area contributed by atoms with Gasteiger partial charge in [-0.3, -0.25) is 9.59 Å². The molecule has 0 spiro atoms. The first-order chi connectivity index (χ1) is 11.9. The highest BCUT2D eigenvalue weighted by Crippen LogP contribution is 2.28. The lowest BCUT2D eigenvalue weighted by atomic mass is 10.0. The van der Waals surface area contributed by atoms with E-state index < -0.39 is 5.25 Å². The van der Waals surface area contributed by atoms with Gasteiger partial charge >= 0.3 is 0 Å². The van der Waals surface area contributed by atoms with Crippen molar-refractivity contribution in [1.29, 1.82) is 0 Å². The Balaban J connectivity index is 1.78. The maximum Gasteiger partial charge on any atom is 0.277 e. The molecule has 7 nitrogen and oxygen atoms in total. The summed E-state index contributed by atoms with van der Waals surface area (Å²) >= 11 is 1.19. The molecule has 0 saturated carbocycles. The summed E-state index contributed by atoms with van der Waals surface area (Å²) in [6.45, 7) is 6.84. The van der Waals surface area contributed by atoms with Gasteiger partial charge in [-0.1, -0.05) is 11.8 Å². The van der Waals surface area contributed by atoms with Gasteiger partial charge in [-0.2, -0.15) is 0 Å². The molecule has 0 aliphatic carbocycles. The topological polar surface area (TPSA) is 105 Å². The summed E-state index contributed by atoms with van der Waals surface area (Å²) in [5.41, 5.74) is 3.14. The summed E-state index contributed by atoms with van der Waals surface area (Å²) in [5, 5.41) is 7.82. The van der Waals surface area contributed by atoms with Gasteiger partial charge in [-0.05, 0) is 45.4 Å². The Morgan fingerprint density at radius 1 is 1.28 bits per heavy atom. The number of aromatic nitrogens is 4. The second-order valence-corrected chi connectivity index (χ2v) is 7.05. The van der Waals surface area contributed by atoms with Crippen LogP contribution in [0.5, 0.6) is 0 Å². The van der Waals surface area contributed by atoms with Crippen molar-refractivity contribution < 1.29 is 14.0 Å². The largest absolute Gasteiger partial charge is 0.410 e. The molecule has 3 rings (SSSR count). The van der Waals surface area contributed by atoms with Gasteiger partial charge in [0.2, 0.25) is 0 Å². The van der Waals surface area contributed by atoms with Gasteiger partial charge in [-0.15, -0.1) is 10.2 Å². The fourth-order valence-corrected chi connectivity index (χ4v) is 3.50. The van der Waals surface area contributed by atoms with Gasteiger partial charge in [0.1, 0.15) is 5.69 Å². The third-order valence-electron chi connectivity index (χ3n) is 3.92. The first-order valence-corrected chi connectivity index (χ1v) is 8.64. The molecule has 0 aromatic carbocycles. The van der Waals surface area contributed by atoms with Crippen LogP contribution in [-0.4, -0.2) is 37.0 Å². The molecule has 0 unspecified atom stereocenters. The molecular weight excluding hydrogens is 340 g/mol. The predicted octanol–water partition coefficient (Wildman–Crippen LogP) is 3.58. The smallest absolute Gasteiger partial charge is 0.277 e. The highest BCUT2D eigenvalue weighted by molar-refractivity contribution is 8.00. The fraction of sp³-hybridized carbons (Fsp3) is 0.294. The Labute approximate surface area is 148 Å². The van der Waals surface area contributed by atoms with Crippen LogP contribution in [0.2, 0.25) is 0 Å². The normalized spacial score (nSPS) is 12.3. The highest BCUT2D eigenvalue weighted by Gasteiger charge is 2.25. The third-order valence-corrected chi connectivity index (χ3v) is 4.85. The zero-order valence-corrected chi connectivity index (χ0v) is 15.2. The fourth-order valence-electron chi connectivity index (χ4n) is 2.76. The van der Waals surface area contributed by atoms with E-state index in [0.29, 0.717) is 33.6 Å². The minimum Gasteiger partial charge on any atom is -0.410 e. The maximum atomic E-state index is 12.7. The molecule has 0 bridgehead atoms. The van der Waals surface area contributed by atoms with Crippen molar-refractivity contribution in [2.75, 3.05) is 0 Å². The molecule has 3 aromatic heterocycles. The van der Waals surface area contributed by atoms with Crippen LogP contribution in [0.15, 0.2) is 28.0 Å². The summed E-state index contributed by atoms with van der Waals surface area (Å²) in [4.78, 5) is 30.5. The summed E-state index contributed by atoms with van der Waals surface area (Å²) in [5.74, 6) is 0.203. The Bertz CT molecular complexity index is 924. The first kappa shape index (κ1) is 17.2. The molecular formula is C17H18N4O3S. The maximum absolute atomic E-state index is 12.7. The number of hydrogen-bond donors (Lipinski definition) is 2. The number of rotatable bonds is 6. The van der Waals surface area contributed by atoms with Crippen LogP contribution < -0.4 is 0 Å². The number of H-pyrrole nitrogens is 2. The van der Waals surface area contributed by atoms with Crippen LogP contribution in [0.25, 0.3) is 11.6 Å². The number of Topliss-reactive ketones (excluding diaryl/α,β-unsaturated/α-hetero) is 2. The highest BCUT2D eigenvalue weighted by atomic mass is 32.2. The van der Waals surface area contributed by atoms with Crippen molar-refractivity contribution in [3.05, 3.63) is 40.8 Å². The monoisotopic (exact) mass is 358 g/mol. The van der Waals surface area contributed by atoms with E-state index >= 15 is 0 Å². The molecule has 25 heavy (non-hydrogen) atoms. The summed E-state index contributed by atoms with van der Waals surface area (Å²) in [6, 6.07) is 3.66. The van der Waals surface area contributed by atoms with Gasteiger partial charge in [0.25, 0.3) is 11.1 Å². The minimum atomic E-state index is -0.437. The lowest BCUT2D eigenvalue weighted by Gasteiger charge is -2.07. The van der Waals surface area contributed by atoms with Crippen LogP contribution >= 0.6 is 11.8 Å². The van der Waals surface area contributed by atoms with E-state index in [9.17, 15) is 9.59 Å². The van der Waals surface area contributed by atoms with Crippen molar-refractivity contribution in [3.8, 4) is 11.6 Å². The molecule has 8 heteroatoms. The van der Waals surface area contributed by atoms with Crippen molar-refractivity contribution in [1.82, 2.24) is 20.2 Å². The number of aryl methyl sites for hydroxylation is 1. The van der Waals surface area contributed by atoms with Crippen LogP contribution in [0.1, 0.15) is 46.0 Å². The van der Waals surface area contributed by atoms with Gasteiger partial charge < -0.3 is 14.4 Å². The predicted molar refractivity (Wildman–Crippen MR) is 94.0 cm³/mol. The molecule has 0 radical (unpaired) electrons. The van der Waals surface area contributed by atoms with Crippen LogP contribution in [-0.2, 0) is 0 Å². The number of nitrogens with one attached hydrogen (secondary N) is 2. The van der Waals surface area contributed by atoms with Crippen molar-refractivity contribution >= 4 is 23.3 Å². The molecule has 0 saturated heterocycles. The Kier molecular flexibility index (Phi) is 4.63. The molecule has 3 heterocycles.